The molecule has 0 bridgehead atoms. The Kier molecular flexibility index (Phi) is 6.35. The van der Waals surface area contributed by atoms with E-state index in [0.717, 1.165) is 17.7 Å². The average Bonchev–Trinajstić information content (AvgIpc) is 2.88. The van der Waals surface area contributed by atoms with E-state index in [1.165, 1.54) is 4.90 Å². The Morgan fingerprint density at radius 1 is 1.53 bits per heavy atom. The van der Waals surface area contributed by atoms with Crippen LogP contribution < -0.4 is 5.32 Å². The molecule has 0 aliphatic carbocycles. The third kappa shape index (κ3) is 5.30. The molecule has 1 unspecified atom stereocenters. The zero-order valence-electron chi connectivity index (χ0n) is 11.3. The third-order valence-corrected chi connectivity index (χ3v) is 3.76. The van der Waals surface area contributed by atoms with E-state index in [4.69, 9.17) is 5.11 Å². The quantitative estimate of drug-likeness (QED) is 0.808. The summed E-state index contributed by atoms with van der Waals surface area (Å²) in [6.45, 7) is 2.28. The van der Waals surface area contributed by atoms with Crippen molar-refractivity contribution in [3.05, 3.63) is 22.4 Å². The predicted octanol–water partition coefficient (Wildman–Crippen LogP) is 2.71. The summed E-state index contributed by atoms with van der Waals surface area (Å²) >= 11 is 1.62. The molecule has 1 atom stereocenters. The lowest BCUT2D eigenvalue weighted by atomic mass is 10.1. The molecule has 0 saturated carbocycles. The Morgan fingerprint density at radius 2 is 2.26 bits per heavy atom. The van der Waals surface area contributed by atoms with Gasteiger partial charge in [0.15, 0.2) is 0 Å². The number of nitrogens with one attached hydrogen (secondary N) is 1. The summed E-state index contributed by atoms with van der Waals surface area (Å²) in [5.74, 6) is -0.900. The van der Waals surface area contributed by atoms with Crippen LogP contribution >= 0.6 is 11.3 Å². The highest BCUT2D eigenvalue weighted by molar-refractivity contribution is 7.10. The Balaban J connectivity index is 2.54. The highest BCUT2D eigenvalue weighted by Crippen LogP contribution is 2.23. The monoisotopic (exact) mass is 284 g/mol. The fourth-order valence-corrected chi connectivity index (χ4v) is 2.50. The lowest BCUT2D eigenvalue weighted by Gasteiger charge is -2.22. The number of rotatable bonds is 7. The molecule has 0 spiro atoms. The second-order valence-corrected chi connectivity index (χ2v) is 5.35. The van der Waals surface area contributed by atoms with Crippen molar-refractivity contribution in [1.82, 2.24) is 10.2 Å². The van der Waals surface area contributed by atoms with Gasteiger partial charge in [0.05, 0.1) is 12.5 Å². The minimum absolute atomic E-state index is 0.00442. The van der Waals surface area contributed by atoms with Gasteiger partial charge in [0.25, 0.3) is 0 Å². The smallest absolute Gasteiger partial charge is 0.317 e. The van der Waals surface area contributed by atoms with E-state index in [1.54, 1.807) is 18.4 Å². The fourth-order valence-electron chi connectivity index (χ4n) is 1.69. The number of nitrogens with zero attached hydrogens (tertiary/aromatic N) is 1. The highest BCUT2D eigenvalue weighted by Gasteiger charge is 2.17. The Hall–Kier alpha value is -1.56. The van der Waals surface area contributed by atoms with Gasteiger partial charge < -0.3 is 15.3 Å². The van der Waals surface area contributed by atoms with Crippen molar-refractivity contribution in [2.45, 2.75) is 32.2 Å². The van der Waals surface area contributed by atoms with Crippen molar-refractivity contribution in [3.63, 3.8) is 0 Å². The molecule has 0 fully saturated rings. The number of thiophene rings is 1. The molecule has 2 amide bonds. The molecule has 0 aromatic carbocycles. The molecule has 0 aliphatic heterocycles. The third-order valence-electron chi connectivity index (χ3n) is 2.77. The average molecular weight is 284 g/mol. The van der Waals surface area contributed by atoms with Crippen molar-refractivity contribution < 1.29 is 14.7 Å². The first-order valence-corrected chi connectivity index (χ1v) is 7.19. The zero-order valence-corrected chi connectivity index (χ0v) is 12.1. The molecule has 106 valence electrons. The summed E-state index contributed by atoms with van der Waals surface area (Å²) in [6.07, 6.45) is 1.81. The first-order chi connectivity index (χ1) is 9.04. The van der Waals surface area contributed by atoms with E-state index < -0.39 is 5.97 Å². The molecule has 0 aliphatic rings. The number of amides is 2. The largest absolute Gasteiger partial charge is 0.481 e. The number of carboxylic acid groups (broad SMARTS) is 1. The number of carboxylic acids is 1. The van der Waals surface area contributed by atoms with Crippen LogP contribution in [0.5, 0.6) is 0 Å². The molecule has 1 aromatic rings. The lowest BCUT2D eigenvalue weighted by Crippen LogP contribution is -2.40. The van der Waals surface area contributed by atoms with Crippen LogP contribution in [0.15, 0.2) is 17.5 Å². The molecular formula is C13H20N2O3S. The van der Waals surface area contributed by atoms with E-state index >= 15 is 0 Å². The first-order valence-electron chi connectivity index (χ1n) is 6.31. The van der Waals surface area contributed by atoms with Crippen molar-refractivity contribution in [3.8, 4) is 0 Å². The Morgan fingerprint density at radius 3 is 2.79 bits per heavy atom. The molecule has 2 N–H and O–H groups in total. The first kappa shape index (κ1) is 15.5. The van der Waals surface area contributed by atoms with E-state index in [9.17, 15) is 9.59 Å². The summed E-state index contributed by atoms with van der Waals surface area (Å²) in [4.78, 5) is 25.0. The van der Waals surface area contributed by atoms with Gasteiger partial charge in [-0.2, -0.15) is 0 Å². The van der Waals surface area contributed by atoms with Crippen LogP contribution in [-0.4, -0.2) is 35.6 Å². The van der Waals surface area contributed by atoms with Gasteiger partial charge in [-0.05, 0) is 17.9 Å². The Bertz CT molecular complexity index is 406. The second-order valence-electron chi connectivity index (χ2n) is 4.37. The zero-order chi connectivity index (χ0) is 14.3. The van der Waals surface area contributed by atoms with E-state index in [1.807, 2.05) is 17.5 Å². The SMILES string of the molecule is CCCC(NC(=O)N(C)CCC(=O)O)c1cccs1. The molecule has 1 rings (SSSR count). The van der Waals surface area contributed by atoms with E-state index in [-0.39, 0.29) is 25.0 Å². The molecule has 0 radical (unpaired) electrons. The van der Waals surface area contributed by atoms with Crippen LogP contribution in [0.1, 0.15) is 37.1 Å². The minimum atomic E-state index is -0.900. The van der Waals surface area contributed by atoms with Crippen molar-refractivity contribution >= 4 is 23.3 Å². The maximum Gasteiger partial charge on any atom is 0.317 e. The predicted molar refractivity (Wildman–Crippen MR) is 75.4 cm³/mol. The molecular weight excluding hydrogens is 264 g/mol. The van der Waals surface area contributed by atoms with Gasteiger partial charge >= 0.3 is 12.0 Å². The van der Waals surface area contributed by atoms with Gasteiger partial charge in [0.1, 0.15) is 0 Å². The summed E-state index contributed by atoms with van der Waals surface area (Å²) in [5, 5.41) is 13.5. The van der Waals surface area contributed by atoms with Crippen LogP contribution in [-0.2, 0) is 4.79 Å². The molecule has 6 heteroatoms. The number of urea groups is 1. The number of hydrogen-bond acceptors (Lipinski definition) is 3. The normalized spacial score (nSPS) is 11.9. The molecule has 5 nitrogen and oxygen atoms in total. The van der Waals surface area contributed by atoms with Crippen LogP contribution in [0, 0.1) is 0 Å². The standard InChI is InChI=1S/C13H20N2O3S/c1-3-5-10(11-6-4-9-19-11)14-13(18)15(2)8-7-12(16)17/h4,6,9-10H,3,5,7-8H2,1-2H3,(H,14,18)(H,16,17). The van der Waals surface area contributed by atoms with Gasteiger partial charge in [-0.25, -0.2) is 4.79 Å². The molecule has 0 saturated heterocycles. The summed E-state index contributed by atoms with van der Waals surface area (Å²) < 4.78 is 0. The van der Waals surface area contributed by atoms with Gasteiger partial charge in [0.2, 0.25) is 0 Å². The lowest BCUT2D eigenvalue weighted by molar-refractivity contribution is -0.137. The summed E-state index contributed by atoms with van der Waals surface area (Å²) in [7, 11) is 1.61. The fraction of sp³-hybridized carbons (Fsp3) is 0.538. The number of aliphatic carboxylic acids is 1. The molecule has 19 heavy (non-hydrogen) atoms. The van der Waals surface area contributed by atoms with Gasteiger partial charge in [-0.3, -0.25) is 4.79 Å². The van der Waals surface area contributed by atoms with Gasteiger partial charge in [0, 0.05) is 18.5 Å². The summed E-state index contributed by atoms with van der Waals surface area (Å²) in [5.41, 5.74) is 0. The van der Waals surface area contributed by atoms with Crippen molar-refractivity contribution in [2.75, 3.05) is 13.6 Å². The Labute approximate surface area is 117 Å². The van der Waals surface area contributed by atoms with Crippen LogP contribution in [0.25, 0.3) is 0 Å². The van der Waals surface area contributed by atoms with Gasteiger partial charge in [-0.1, -0.05) is 19.4 Å². The van der Waals surface area contributed by atoms with Crippen molar-refractivity contribution in [1.29, 1.82) is 0 Å². The van der Waals surface area contributed by atoms with Crippen LogP contribution in [0.3, 0.4) is 0 Å². The minimum Gasteiger partial charge on any atom is -0.481 e. The van der Waals surface area contributed by atoms with E-state index in [0.29, 0.717) is 0 Å². The van der Waals surface area contributed by atoms with E-state index in [2.05, 4.69) is 12.2 Å². The topological polar surface area (TPSA) is 69.6 Å². The molecule has 1 heterocycles. The molecule has 1 aromatic heterocycles. The van der Waals surface area contributed by atoms with Crippen molar-refractivity contribution in [2.24, 2.45) is 0 Å². The summed E-state index contributed by atoms with van der Waals surface area (Å²) in [6, 6.07) is 3.74. The van der Waals surface area contributed by atoms with Crippen LogP contribution in [0.4, 0.5) is 4.79 Å². The number of carbonyl (C=O) groups is 2. The maximum atomic E-state index is 12.0. The number of hydrogen-bond donors (Lipinski definition) is 2. The second kappa shape index (κ2) is 7.78. The highest BCUT2D eigenvalue weighted by atomic mass is 32.1. The maximum absolute atomic E-state index is 12.0. The van der Waals surface area contributed by atoms with Gasteiger partial charge in [-0.15, -0.1) is 11.3 Å². The van der Waals surface area contributed by atoms with Crippen LogP contribution in [0.2, 0.25) is 0 Å². The number of carbonyl (C=O) groups excluding carboxylic acids is 1.